The molecule has 0 aromatic heterocycles. The molecule has 134 valence electrons. The highest BCUT2D eigenvalue weighted by Crippen LogP contribution is 2.20. The van der Waals surface area contributed by atoms with E-state index in [1.807, 2.05) is 18.2 Å². The van der Waals surface area contributed by atoms with Crippen molar-refractivity contribution in [2.45, 2.75) is 5.75 Å². The quantitative estimate of drug-likeness (QED) is 0.667. The molecule has 1 N–H and O–H groups in total. The molecule has 4 nitrogen and oxygen atoms in total. The second-order valence-electron chi connectivity index (χ2n) is 5.11. The number of rotatable bonds is 9. The minimum absolute atomic E-state index is 0.117. The van der Waals surface area contributed by atoms with Gasteiger partial charge in [0.1, 0.15) is 23.9 Å². The minimum atomic E-state index is -0.355. The first kappa shape index (κ1) is 19.4. The van der Waals surface area contributed by atoms with Crippen LogP contribution < -0.4 is 14.8 Å². The lowest BCUT2D eigenvalue weighted by Crippen LogP contribution is -2.29. The van der Waals surface area contributed by atoms with Gasteiger partial charge in [0.25, 0.3) is 0 Å². The van der Waals surface area contributed by atoms with Crippen molar-refractivity contribution in [3.05, 3.63) is 58.9 Å². The Hall–Kier alpha value is -1.92. The molecule has 0 saturated heterocycles. The number of carbonyl (C=O) groups is 1. The molecule has 2 aromatic rings. The molecule has 0 unspecified atom stereocenters. The fourth-order valence-corrected chi connectivity index (χ4v) is 3.00. The summed E-state index contributed by atoms with van der Waals surface area (Å²) < 4.78 is 24.3. The summed E-state index contributed by atoms with van der Waals surface area (Å²) in [5, 5.41) is 3.12. The van der Waals surface area contributed by atoms with Gasteiger partial charge in [-0.05, 0) is 29.8 Å². The Kier molecular flexibility index (Phi) is 7.88. The third-order valence-corrected chi connectivity index (χ3v) is 4.46. The molecule has 0 aliphatic heterocycles. The third kappa shape index (κ3) is 6.84. The van der Waals surface area contributed by atoms with Crippen LogP contribution in [0, 0.1) is 5.82 Å². The van der Waals surface area contributed by atoms with Gasteiger partial charge < -0.3 is 14.8 Å². The number of hydrogen-bond acceptors (Lipinski definition) is 4. The van der Waals surface area contributed by atoms with Crippen LogP contribution in [-0.4, -0.2) is 31.9 Å². The van der Waals surface area contributed by atoms with Crippen molar-refractivity contribution in [3.8, 4) is 11.5 Å². The zero-order chi connectivity index (χ0) is 18.1. The molecule has 0 heterocycles. The summed E-state index contributed by atoms with van der Waals surface area (Å²) in [6, 6.07) is 11.8. The fourth-order valence-electron chi connectivity index (χ4n) is 1.99. The van der Waals surface area contributed by atoms with Crippen LogP contribution >= 0.6 is 23.4 Å². The van der Waals surface area contributed by atoms with Crippen LogP contribution in [0.15, 0.2) is 42.5 Å². The van der Waals surface area contributed by atoms with Gasteiger partial charge in [-0.3, -0.25) is 4.79 Å². The van der Waals surface area contributed by atoms with Crippen LogP contribution in [0.2, 0.25) is 5.02 Å². The maximum atomic E-state index is 13.6. The molecule has 25 heavy (non-hydrogen) atoms. The first-order valence-electron chi connectivity index (χ1n) is 7.63. The number of ether oxygens (including phenoxy) is 2. The lowest BCUT2D eigenvalue weighted by atomic mass is 10.2. The van der Waals surface area contributed by atoms with Gasteiger partial charge in [0.05, 0.1) is 19.4 Å². The maximum Gasteiger partial charge on any atom is 0.230 e. The van der Waals surface area contributed by atoms with Crippen molar-refractivity contribution in [1.29, 1.82) is 0 Å². The smallest absolute Gasteiger partial charge is 0.230 e. The zero-order valence-electron chi connectivity index (χ0n) is 13.8. The highest BCUT2D eigenvalue weighted by molar-refractivity contribution is 7.99. The molecule has 0 aliphatic carbocycles. The maximum absolute atomic E-state index is 13.6. The Bertz CT molecular complexity index is 714. The lowest BCUT2D eigenvalue weighted by molar-refractivity contribution is -0.118. The first-order valence-corrected chi connectivity index (χ1v) is 9.17. The summed E-state index contributed by atoms with van der Waals surface area (Å²) in [6.07, 6.45) is 0. The van der Waals surface area contributed by atoms with E-state index in [9.17, 15) is 9.18 Å². The van der Waals surface area contributed by atoms with E-state index >= 15 is 0 Å². The predicted octanol–water partition coefficient (Wildman–Crippen LogP) is 3.92. The van der Waals surface area contributed by atoms with Crippen molar-refractivity contribution in [2.75, 3.05) is 26.0 Å². The molecule has 2 rings (SSSR count). The number of amides is 1. The normalized spacial score (nSPS) is 10.4. The van der Waals surface area contributed by atoms with Gasteiger partial charge in [0.2, 0.25) is 5.91 Å². The van der Waals surface area contributed by atoms with Crippen molar-refractivity contribution < 1.29 is 18.7 Å². The van der Waals surface area contributed by atoms with Crippen LogP contribution in [-0.2, 0) is 10.5 Å². The number of carbonyl (C=O) groups excluding carboxylic acids is 1. The molecule has 2 aromatic carbocycles. The van der Waals surface area contributed by atoms with E-state index in [0.29, 0.717) is 41.0 Å². The van der Waals surface area contributed by atoms with Crippen molar-refractivity contribution in [1.82, 2.24) is 5.32 Å². The minimum Gasteiger partial charge on any atom is -0.497 e. The number of thioether (sulfide) groups is 1. The predicted molar refractivity (Wildman–Crippen MR) is 99.1 cm³/mol. The van der Waals surface area contributed by atoms with E-state index in [1.54, 1.807) is 25.3 Å². The Morgan fingerprint density at radius 3 is 2.80 bits per heavy atom. The number of nitrogens with one attached hydrogen (secondary N) is 1. The average molecular weight is 384 g/mol. The monoisotopic (exact) mass is 383 g/mol. The second kappa shape index (κ2) is 10.2. The molecular formula is C18H19ClFNO3S. The third-order valence-electron chi connectivity index (χ3n) is 3.24. The summed E-state index contributed by atoms with van der Waals surface area (Å²) in [5.74, 6) is 1.59. The Morgan fingerprint density at radius 2 is 2.04 bits per heavy atom. The van der Waals surface area contributed by atoms with Gasteiger partial charge in [0.15, 0.2) is 0 Å². The van der Waals surface area contributed by atoms with E-state index in [1.165, 1.54) is 17.8 Å². The summed E-state index contributed by atoms with van der Waals surface area (Å²) in [4.78, 5) is 11.8. The number of benzene rings is 2. The van der Waals surface area contributed by atoms with Crippen LogP contribution in [0.4, 0.5) is 4.39 Å². The molecule has 0 atom stereocenters. The summed E-state index contributed by atoms with van der Waals surface area (Å²) in [7, 11) is 1.59. The molecule has 7 heteroatoms. The molecule has 0 radical (unpaired) electrons. The standard InChI is InChI=1S/C18H19ClFNO3S/c1-23-15-3-2-4-16(10-15)24-8-7-21-18(22)12-25-11-13-5-6-14(19)9-17(13)20/h2-6,9-10H,7-8,11-12H2,1H3,(H,21,22). The van der Waals surface area contributed by atoms with Gasteiger partial charge in [-0.1, -0.05) is 23.7 Å². The summed E-state index contributed by atoms with van der Waals surface area (Å²) >= 11 is 7.05. The number of methoxy groups -OCH3 is 1. The van der Waals surface area contributed by atoms with Crippen LogP contribution in [0.3, 0.4) is 0 Å². The van der Waals surface area contributed by atoms with Crippen LogP contribution in [0.5, 0.6) is 11.5 Å². The van der Waals surface area contributed by atoms with Gasteiger partial charge in [-0.25, -0.2) is 4.39 Å². The number of halogens is 2. The molecule has 1 amide bonds. The summed E-state index contributed by atoms with van der Waals surface area (Å²) in [6.45, 7) is 0.751. The van der Waals surface area contributed by atoms with Gasteiger partial charge in [-0.2, -0.15) is 0 Å². The van der Waals surface area contributed by atoms with Crippen LogP contribution in [0.1, 0.15) is 5.56 Å². The van der Waals surface area contributed by atoms with E-state index in [2.05, 4.69) is 5.32 Å². The highest BCUT2D eigenvalue weighted by atomic mass is 35.5. The molecule has 0 saturated carbocycles. The fraction of sp³-hybridized carbons (Fsp3) is 0.278. The van der Waals surface area contributed by atoms with E-state index in [-0.39, 0.29) is 17.5 Å². The van der Waals surface area contributed by atoms with Crippen molar-refractivity contribution in [3.63, 3.8) is 0 Å². The molecule has 0 spiro atoms. The van der Waals surface area contributed by atoms with Crippen molar-refractivity contribution in [2.24, 2.45) is 0 Å². The van der Waals surface area contributed by atoms with E-state index in [4.69, 9.17) is 21.1 Å². The largest absolute Gasteiger partial charge is 0.497 e. The molecule has 0 bridgehead atoms. The summed E-state index contributed by atoms with van der Waals surface area (Å²) in [5.41, 5.74) is 0.531. The molecular weight excluding hydrogens is 365 g/mol. The van der Waals surface area contributed by atoms with Crippen LogP contribution in [0.25, 0.3) is 0 Å². The SMILES string of the molecule is COc1cccc(OCCNC(=O)CSCc2ccc(Cl)cc2F)c1. The Balaban J connectivity index is 1.62. The molecule has 0 fully saturated rings. The van der Waals surface area contributed by atoms with E-state index in [0.717, 1.165) is 0 Å². The topological polar surface area (TPSA) is 47.6 Å². The molecule has 0 aliphatic rings. The Labute approximate surface area is 155 Å². The zero-order valence-corrected chi connectivity index (χ0v) is 15.3. The van der Waals surface area contributed by atoms with Gasteiger partial charge >= 0.3 is 0 Å². The first-order chi connectivity index (χ1) is 12.1. The second-order valence-corrected chi connectivity index (χ2v) is 6.53. The van der Waals surface area contributed by atoms with E-state index < -0.39 is 0 Å². The highest BCUT2D eigenvalue weighted by Gasteiger charge is 2.06. The van der Waals surface area contributed by atoms with Crippen molar-refractivity contribution >= 4 is 29.3 Å². The Morgan fingerprint density at radius 1 is 1.24 bits per heavy atom. The van der Waals surface area contributed by atoms with Gasteiger partial charge in [0, 0.05) is 16.8 Å². The van der Waals surface area contributed by atoms with Gasteiger partial charge in [-0.15, -0.1) is 11.8 Å². The average Bonchev–Trinajstić information content (AvgIpc) is 2.61. The number of hydrogen-bond donors (Lipinski definition) is 1. The lowest BCUT2D eigenvalue weighted by Gasteiger charge is -2.09.